The normalized spacial score (nSPS) is 13.1. The van der Waals surface area contributed by atoms with Gasteiger partial charge >= 0.3 is 5.97 Å². The minimum atomic E-state index is -1.13. The fourth-order valence-electron chi connectivity index (χ4n) is 2.86. The Balaban J connectivity index is 2.27. The molecule has 0 saturated carbocycles. The number of carboxylic acid groups (broad SMARTS) is 1. The molecule has 0 aliphatic carbocycles. The van der Waals surface area contributed by atoms with Gasteiger partial charge in [-0.15, -0.1) is 0 Å². The van der Waals surface area contributed by atoms with Crippen LogP contribution in [0.1, 0.15) is 40.4 Å². The maximum Gasteiger partial charge on any atom is 0.315 e. The SMILES string of the molecule is CCC(CNC(=O)c1cccc(C)c1C)(C(=O)O)c1ccccc1. The molecule has 2 aromatic rings. The van der Waals surface area contributed by atoms with Gasteiger partial charge in [-0.3, -0.25) is 9.59 Å². The molecule has 1 amide bonds. The lowest BCUT2D eigenvalue weighted by Gasteiger charge is -2.29. The molecule has 1 unspecified atom stereocenters. The molecule has 0 aliphatic heterocycles. The van der Waals surface area contributed by atoms with E-state index in [9.17, 15) is 14.7 Å². The summed E-state index contributed by atoms with van der Waals surface area (Å²) in [6, 6.07) is 14.6. The van der Waals surface area contributed by atoms with E-state index in [4.69, 9.17) is 0 Å². The molecule has 1 atom stereocenters. The zero-order valence-corrected chi connectivity index (χ0v) is 14.3. The Labute approximate surface area is 142 Å². The molecule has 0 saturated heterocycles. The van der Waals surface area contributed by atoms with Crippen molar-refractivity contribution in [2.45, 2.75) is 32.6 Å². The van der Waals surface area contributed by atoms with Crippen LogP contribution in [0.25, 0.3) is 0 Å². The first kappa shape index (κ1) is 17.7. The molecule has 0 heterocycles. The first-order valence-electron chi connectivity index (χ1n) is 8.05. The highest BCUT2D eigenvalue weighted by Gasteiger charge is 2.39. The highest BCUT2D eigenvalue weighted by atomic mass is 16.4. The maximum atomic E-state index is 12.5. The third-order valence-corrected chi connectivity index (χ3v) is 4.74. The fourth-order valence-corrected chi connectivity index (χ4v) is 2.86. The van der Waals surface area contributed by atoms with E-state index in [0.29, 0.717) is 17.5 Å². The van der Waals surface area contributed by atoms with Gasteiger partial charge in [0.25, 0.3) is 5.91 Å². The third kappa shape index (κ3) is 3.32. The van der Waals surface area contributed by atoms with E-state index in [-0.39, 0.29) is 12.5 Å². The van der Waals surface area contributed by atoms with Gasteiger partial charge in [-0.1, -0.05) is 49.4 Å². The van der Waals surface area contributed by atoms with Crippen LogP contribution in [0.5, 0.6) is 0 Å². The predicted octanol–water partition coefficient (Wildman–Crippen LogP) is 3.47. The summed E-state index contributed by atoms with van der Waals surface area (Å²) in [7, 11) is 0. The van der Waals surface area contributed by atoms with Crippen molar-refractivity contribution in [1.29, 1.82) is 0 Å². The zero-order chi connectivity index (χ0) is 17.7. The summed E-state index contributed by atoms with van der Waals surface area (Å²) in [5, 5.41) is 12.6. The Bertz CT molecular complexity index is 740. The van der Waals surface area contributed by atoms with Crippen molar-refractivity contribution in [3.05, 3.63) is 70.8 Å². The number of amides is 1. The lowest BCUT2D eigenvalue weighted by Crippen LogP contribution is -2.46. The summed E-state index contributed by atoms with van der Waals surface area (Å²) >= 11 is 0. The monoisotopic (exact) mass is 325 g/mol. The van der Waals surface area contributed by atoms with E-state index in [1.54, 1.807) is 18.2 Å². The number of rotatable bonds is 6. The molecule has 0 aromatic heterocycles. The first-order valence-corrected chi connectivity index (χ1v) is 8.05. The number of carbonyl (C=O) groups excluding carboxylic acids is 1. The number of nitrogens with one attached hydrogen (secondary N) is 1. The molecule has 2 N–H and O–H groups in total. The molecule has 0 bridgehead atoms. The van der Waals surface area contributed by atoms with Crippen LogP contribution < -0.4 is 5.32 Å². The standard InChI is InChI=1S/C20H23NO3/c1-4-20(19(23)24,16-10-6-5-7-11-16)13-21-18(22)17-12-8-9-14(2)15(17)3/h5-12H,4,13H2,1-3H3,(H,21,22)(H,23,24). The van der Waals surface area contributed by atoms with Gasteiger partial charge in [-0.05, 0) is 43.0 Å². The van der Waals surface area contributed by atoms with E-state index in [1.807, 2.05) is 51.1 Å². The molecule has 4 nitrogen and oxygen atoms in total. The van der Waals surface area contributed by atoms with Gasteiger partial charge in [0.1, 0.15) is 5.41 Å². The van der Waals surface area contributed by atoms with Crippen molar-refractivity contribution in [2.75, 3.05) is 6.54 Å². The van der Waals surface area contributed by atoms with Crippen LogP contribution in [0.15, 0.2) is 48.5 Å². The summed E-state index contributed by atoms with van der Waals surface area (Å²) in [5.74, 6) is -1.18. The van der Waals surface area contributed by atoms with Crippen molar-refractivity contribution in [1.82, 2.24) is 5.32 Å². The van der Waals surface area contributed by atoms with Crippen molar-refractivity contribution in [3.8, 4) is 0 Å². The number of aryl methyl sites for hydroxylation is 1. The molecule has 4 heteroatoms. The molecule has 24 heavy (non-hydrogen) atoms. The summed E-state index contributed by atoms with van der Waals surface area (Å²) in [5.41, 5.74) is 2.09. The molecule has 2 rings (SSSR count). The topological polar surface area (TPSA) is 66.4 Å². The van der Waals surface area contributed by atoms with Crippen LogP contribution in [-0.4, -0.2) is 23.5 Å². The Morgan fingerprint density at radius 2 is 1.71 bits per heavy atom. The van der Waals surface area contributed by atoms with Crippen molar-refractivity contribution in [2.24, 2.45) is 0 Å². The van der Waals surface area contributed by atoms with Crippen LogP contribution in [0.4, 0.5) is 0 Å². The zero-order valence-electron chi connectivity index (χ0n) is 14.3. The minimum absolute atomic E-state index is 0.0507. The summed E-state index contributed by atoms with van der Waals surface area (Å²) in [6.45, 7) is 5.72. The minimum Gasteiger partial charge on any atom is -0.481 e. The van der Waals surface area contributed by atoms with Crippen LogP contribution in [-0.2, 0) is 10.2 Å². The largest absolute Gasteiger partial charge is 0.481 e. The second kappa shape index (κ2) is 7.30. The highest BCUT2D eigenvalue weighted by Crippen LogP contribution is 2.28. The number of benzene rings is 2. The van der Waals surface area contributed by atoms with E-state index in [1.165, 1.54) is 0 Å². The van der Waals surface area contributed by atoms with Gasteiger partial charge in [0.2, 0.25) is 0 Å². The number of hydrogen-bond acceptors (Lipinski definition) is 2. The molecule has 2 aromatic carbocycles. The second-order valence-corrected chi connectivity index (χ2v) is 6.04. The summed E-state index contributed by atoms with van der Waals surface area (Å²) in [4.78, 5) is 24.5. The van der Waals surface area contributed by atoms with Crippen molar-refractivity contribution < 1.29 is 14.7 Å². The Morgan fingerprint density at radius 3 is 2.29 bits per heavy atom. The predicted molar refractivity (Wildman–Crippen MR) is 94.3 cm³/mol. The number of aliphatic carboxylic acids is 1. The van der Waals surface area contributed by atoms with Crippen LogP contribution in [0.3, 0.4) is 0 Å². The first-order chi connectivity index (χ1) is 11.4. The Hall–Kier alpha value is -2.62. The van der Waals surface area contributed by atoms with E-state index in [0.717, 1.165) is 11.1 Å². The highest BCUT2D eigenvalue weighted by molar-refractivity contribution is 5.96. The molecule has 0 spiro atoms. The van der Waals surface area contributed by atoms with Gasteiger partial charge in [0, 0.05) is 12.1 Å². The third-order valence-electron chi connectivity index (χ3n) is 4.74. The number of carboxylic acids is 1. The summed E-state index contributed by atoms with van der Waals surface area (Å²) in [6.07, 6.45) is 0.388. The fraction of sp³-hybridized carbons (Fsp3) is 0.300. The van der Waals surface area contributed by atoms with Gasteiger partial charge in [0.05, 0.1) is 0 Å². The van der Waals surface area contributed by atoms with Crippen molar-refractivity contribution in [3.63, 3.8) is 0 Å². The number of carbonyl (C=O) groups is 2. The second-order valence-electron chi connectivity index (χ2n) is 6.04. The van der Waals surface area contributed by atoms with Crippen LogP contribution >= 0.6 is 0 Å². The lowest BCUT2D eigenvalue weighted by atomic mass is 9.78. The van der Waals surface area contributed by atoms with Gasteiger partial charge in [-0.25, -0.2) is 0 Å². The molecular formula is C20H23NO3. The molecular weight excluding hydrogens is 302 g/mol. The van der Waals surface area contributed by atoms with Gasteiger partial charge < -0.3 is 10.4 Å². The summed E-state index contributed by atoms with van der Waals surface area (Å²) < 4.78 is 0. The maximum absolute atomic E-state index is 12.5. The lowest BCUT2D eigenvalue weighted by molar-refractivity contribution is -0.143. The van der Waals surface area contributed by atoms with E-state index >= 15 is 0 Å². The van der Waals surface area contributed by atoms with Gasteiger partial charge in [-0.2, -0.15) is 0 Å². The number of hydrogen-bond donors (Lipinski definition) is 2. The van der Waals surface area contributed by atoms with E-state index < -0.39 is 11.4 Å². The van der Waals surface area contributed by atoms with E-state index in [2.05, 4.69) is 5.32 Å². The smallest absolute Gasteiger partial charge is 0.315 e. The van der Waals surface area contributed by atoms with Crippen molar-refractivity contribution >= 4 is 11.9 Å². The van der Waals surface area contributed by atoms with Crippen LogP contribution in [0, 0.1) is 13.8 Å². The molecule has 126 valence electrons. The van der Waals surface area contributed by atoms with Crippen LogP contribution in [0.2, 0.25) is 0 Å². The Morgan fingerprint density at radius 1 is 1.04 bits per heavy atom. The average molecular weight is 325 g/mol. The Kier molecular flexibility index (Phi) is 5.39. The average Bonchev–Trinajstić information content (AvgIpc) is 2.58. The molecule has 0 radical (unpaired) electrons. The molecule has 0 fully saturated rings. The quantitative estimate of drug-likeness (QED) is 0.854. The molecule has 0 aliphatic rings. The van der Waals surface area contributed by atoms with Gasteiger partial charge in [0.15, 0.2) is 0 Å².